The van der Waals surface area contributed by atoms with Crippen molar-refractivity contribution in [2.24, 2.45) is 0 Å². The van der Waals surface area contributed by atoms with E-state index in [9.17, 15) is 9.50 Å². The van der Waals surface area contributed by atoms with Gasteiger partial charge >= 0.3 is 0 Å². The number of benzene rings is 3. The van der Waals surface area contributed by atoms with Crippen LogP contribution in [0, 0.1) is 5.82 Å². The number of hydrogen-bond acceptors (Lipinski definition) is 4. The zero-order valence-corrected chi connectivity index (χ0v) is 16.9. The third kappa shape index (κ3) is 4.64. The van der Waals surface area contributed by atoms with Crippen molar-refractivity contribution < 1.29 is 14.2 Å². The number of hydrogen-bond donors (Lipinski definition) is 1. The maximum Gasteiger partial charge on any atom is 0.146 e. The monoisotopic (exact) mass is 414 g/mol. The highest BCUT2D eigenvalue weighted by Crippen LogP contribution is 2.32. The van der Waals surface area contributed by atoms with Crippen LogP contribution in [0.15, 0.2) is 60.7 Å². The van der Waals surface area contributed by atoms with Gasteiger partial charge in [-0.3, -0.25) is 4.90 Å². The predicted octanol–water partition coefficient (Wildman–Crippen LogP) is 4.19. The molecule has 152 valence electrons. The molecule has 1 aliphatic heterocycles. The summed E-state index contributed by atoms with van der Waals surface area (Å²) in [6, 6.07) is 18.5. The molecule has 0 bridgehead atoms. The largest absolute Gasteiger partial charge is 0.489 e. The van der Waals surface area contributed by atoms with E-state index in [1.54, 1.807) is 12.1 Å². The Bertz CT molecular complexity index is 976. The number of β-amino-alcohol motifs (C(OH)–C–C–N with tert-alkyl or cyclic N) is 1. The summed E-state index contributed by atoms with van der Waals surface area (Å²) < 4.78 is 19.7. The van der Waals surface area contributed by atoms with Gasteiger partial charge < -0.3 is 14.7 Å². The average Bonchev–Trinajstić information content (AvgIpc) is 2.74. The highest BCUT2D eigenvalue weighted by molar-refractivity contribution is 6.37. The molecule has 3 aromatic carbocycles. The molecule has 1 unspecified atom stereocenters. The van der Waals surface area contributed by atoms with Crippen LogP contribution in [0.3, 0.4) is 0 Å². The predicted molar refractivity (Wildman–Crippen MR) is 116 cm³/mol. The van der Waals surface area contributed by atoms with Crippen LogP contribution in [0.4, 0.5) is 10.1 Å². The Morgan fingerprint density at radius 1 is 0.966 bits per heavy atom. The fourth-order valence-electron chi connectivity index (χ4n) is 3.74. The topological polar surface area (TPSA) is 35.9 Å². The Balaban J connectivity index is 1.28. The Hall–Kier alpha value is -2.34. The molecule has 1 atom stereocenters. The first kappa shape index (κ1) is 20.0. The fraction of sp³-hybridized carbons (Fsp3) is 0.304. The van der Waals surface area contributed by atoms with E-state index in [1.807, 2.05) is 47.4 Å². The van der Waals surface area contributed by atoms with Crippen molar-refractivity contribution in [3.05, 3.63) is 71.5 Å². The van der Waals surface area contributed by atoms with Crippen molar-refractivity contribution in [3.63, 3.8) is 0 Å². The van der Waals surface area contributed by atoms with Gasteiger partial charge in [0.2, 0.25) is 0 Å². The minimum absolute atomic E-state index is 0.172. The van der Waals surface area contributed by atoms with Crippen LogP contribution >= 0.6 is 11.6 Å². The zero-order valence-electron chi connectivity index (χ0n) is 16.1. The maximum atomic E-state index is 14.0. The third-order valence-corrected chi connectivity index (χ3v) is 5.68. The molecule has 0 amide bonds. The Morgan fingerprint density at radius 3 is 2.48 bits per heavy atom. The van der Waals surface area contributed by atoms with E-state index in [2.05, 4.69) is 4.90 Å². The van der Waals surface area contributed by atoms with Gasteiger partial charge in [-0.1, -0.05) is 54.1 Å². The standard InChI is InChI=1S/C23H24ClFN2O2/c24-23-19-6-2-1-5-17(19)9-10-22(23)29-16-18(28)15-26-11-13-27(14-12-26)21-8-4-3-7-20(21)25/h1-10,18,28H,11-16H2. The summed E-state index contributed by atoms with van der Waals surface area (Å²) in [4.78, 5) is 4.22. The average molecular weight is 415 g/mol. The lowest BCUT2D eigenvalue weighted by Crippen LogP contribution is -2.49. The van der Waals surface area contributed by atoms with Gasteiger partial charge in [0.1, 0.15) is 24.3 Å². The van der Waals surface area contributed by atoms with E-state index < -0.39 is 6.10 Å². The number of rotatable bonds is 6. The highest BCUT2D eigenvalue weighted by atomic mass is 35.5. The molecule has 1 saturated heterocycles. The lowest BCUT2D eigenvalue weighted by molar-refractivity contribution is 0.0663. The minimum Gasteiger partial charge on any atom is -0.489 e. The molecule has 0 spiro atoms. The summed E-state index contributed by atoms with van der Waals surface area (Å²) >= 11 is 6.45. The molecular weight excluding hydrogens is 391 g/mol. The number of aliphatic hydroxyl groups excluding tert-OH is 1. The molecule has 0 radical (unpaired) electrons. The van der Waals surface area contributed by atoms with Gasteiger partial charge in [-0.25, -0.2) is 4.39 Å². The number of halogens is 2. The molecular formula is C23H24ClFN2O2. The van der Waals surface area contributed by atoms with Crippen molar-refractivity contribution in [2.45, 2.75) is 6.10 Å². The Morgan fingerprint density at radius 2 is 1.69 bits per heavy atom. The molecule has 1 heterocycles. The van der Waals surface area contributed by atoms with Gasteiger partial charge in [-0.15, -0.1) is 0 Å². The number of aliphatic hydroxyl groups is 1. The number of nitrogens with zero attached hydrogens (tertiary/aromatic N) is 2. The van der Waals surface area contributed by atoms with Gasteiger partial charge in [-0.2, -0.15) is 0 Å². The van der Waals surface area contributed by atoms with Crippen LogP contribution in [-0.2, 0) is 0 Å². The van der Waals surface area contributed by atoms with Gasteiger partial charge in [0, 0.05) is 38.1 Å². The van der Waals surface area contributed by atoms with Crippen LogP contribution < -0.4 is 9.64 Å². The van der Waals surface area contributed by atoms with Gasteiger partial charge in [-0.05, 0) is 23.6 Å². The number of ether oxygens (including phenoxy) is 1. The van der Waals surface area contributed by atoms with Crippen LogP contribution in [0.1, 0.15) is 0 Å². The van der Waals surface area contributed by atoms with Crippen LogP contribution in [0.25, 0.3) is 10.8 Å². The van der Waals surface area contributed by atoms with Crippen molar-refractivity contribution in [3.8, 4) is 5.75 Å². The minimum atomic E-state index is -0.627. The summed E-state index contributed by atoms with van der Waals surface area (Å²) in [5.74, 6) is 0.385. The first-order chi connectivity index (χ1) is 14.1. The van der Waals surface area contributed by atoms with Crippen molar-refractivity contribution >= 4 is 28.1 Å². The summed E-state index contributed by atoms with van der Waals surface area (Å²) in [7, 11) is 0. The van der Waals surface area contributed by atoms with E-state index in [-0.39, 0.29) is 12.4 Å². The first-order valence-corrected chi connectivity index (χ1v) is 10.2. The SMILES string of the molecule is OC(COc1ccc2ccccc2c1Cl)CN1CCN(c2ccccc2F)CC1. The second-order valence-electron chi connectivity index (χ2n) is 7.30. The van der Waals surface area contributed by atoms with Crippen LogP contribution in [-0.4, -0.2) is 55.4 Å². The summed E-state index contributed by atoms with van der Waals surface area (Å²) in [5.41, 5.74) is 0.641. The quantitative estimate of drug-likeness (QED) is 0.656. The first-order valence-electron chi connectivity index (χ1n) is 9.82. The number of fused-ring (bicyclic) bond motifs is 1. The summed E-state index contributed by atoms with van der Waals surface area (Å²) in [6.45, 7) is 3.67. The molecule has 0 saturated carbocycles. The molecule has 0 aliphatic carbocycles. The van der Waals surface area contributed by atoms with E-state index in [4.69, 9.17) is 16.3 Å². The van der Waals surface area contributed by atoms with E-state index in [0.717, 1.165) is 37.0 Å². The summed E-state index contributed by atoms with van der Waals surface area (Å²) in [6.07, 6.45) is -0.627. The molecule has 1 fully saturated rings. The maximum absolute atomic E-state index is 14.0. The molecule has 4 rings (SSSR count). The highest BCUT2D eigenvalue weighted by Gasteiger charge is 2.21. The van der Waals surface area contributed by atoms with E-state index in [1.165, 1.54) is 6.07 Å². The normalized spacial score (nSPS) is 16.2. The van der Waals surface area contributed by atoms with Crippen molar-refractivity contribution in [2.75, 3.05) is 44.2 Å². The molecule has 6 heteroatoms. The van der Waals surface area contributed by atoms with Crippen LogP contribution in [0.5, 0.6) is 5.75 Å². The van der Waals surface area contributed by atoms with E-state index in [0.29, 0.717) is 23.0 Å². The lowest BCUT2D eigenvalue weighted by atomic mass is 10.1. The number of anilines is 1. The molecule has 0 aromatic heterocycles. The molecule has 29 heavy (non-hydrogen) atoms. The number of piperazine rings is 1. The fourth-order valence-corrected chi connectivity index (χ4v) is 4.03. The smallest absolute Gasteiger partial charge is 0.146 e. The molecule has 1 N–H and O–H groups in total. The molecule has 3 aromatic rings. The van der Waals surface area contributed by atoms with Gasteiger partial charge in [0.25, 0.3) is 0 Å². The molecule has 1 aliphatic rings. The van der Waals surface area contributed by atoms with Crippen LogP contribution in [0.2, 0.25) is 5.02 Å². The Kier molecular flexibility index (Phi) is 6.19. The lowest BCUT2D eigenvalue weighted by Gasteiger charge is -2.36. The second-order valence-corrected chi connectivity index (χ2v) is 7.68. The third-order valence-electron chi connectivity index (χ3n) is 5.29. The van der Waals surface area contributed by atoms with Crippen molar-refractivity contribution in [1.29, 1.82) is 0 Å². The zero-order chi connectivity index (χ0) is 20.2. The summed E-state index contributed by atoms with van der Waals surface area (Å²) in [5, 5.41) is 13.0. The number of para-hydroxylation sites is 1. The molecule has 4 nitrogen and oxygen atoms in total. The van der Waals surface area contributed by atoms with Gasteiger partial charge in [0.05, 0.1) is 10.7 Å². The van der Waals surface area contributed by atoms with Crippen molar-refractivity contribution in [1.82, 2.24) is 4.90 Å². The van der Waals surface area contributed by atoms with E-state index >= 15 is 0 Å². The van der Waals surface area contributed by atoms with Gasteiger partial charge in [0.15, 0.2) is 0 Å². The Labute approximate surface area is 175 Å². The second kappa shape index (κ2) is 8.99.